The van der Waals surface area contributed by atoms with E-state index in [1.54, 1.807) is 37.3 Å². The average molecular weight is 404 g/mol. The zero-order valence-corrected chi connectivity index (χ0v) is 17.1. The van der Waals surface area contributed by atoms with E-state index >= 15 is 0 Å². The van der Waals surface area contributed by atoms with E-state index in [4.69, 9.17) is 19.5 Å². The maximum absolute atomic E-state index is 12.8. The van der Waals surface area contributed by atoms with Gasteiger partial charge in [-0.1, -0.05) is 30.4 Å². The van der Waals surface area contributed by atoms with Gasteiger partial charge in [-0.2, -0.15) is 5.26 Å². The van der Waals surface area contributed by atoms with Gasteiger partial charge in [-0.15, -0.1) is 0 Å². The Bertz CT molecular complexity index is 999. The van der Waals surface area contributed by atoms with Crippen LogP contribution in [0.25, 0.3) is 11.6 Å². The molecule has 0 bridgehead atoms. The minimum Gasteiger partial charge on any atom is -0.493 e. The number of hydrogen-bond donors (Lipinski definition) is 0. The molecule has 6 heteroatoms. The van der Waals surface area contributed by atoms with E-state index in [9.17, 15) is 4.79 Å². The quantitative estimate of drug-likeness (QED) is 0.544. The lowest BCUT2D eigenvalue weighted by Gasteiger charge is -2.26. The second-order valence-corrected chi connectivity index (χ2v) is 6.68. The minimum absolute atomic E-state index is 0.0708. The number of morpholine rings is 1. The lowest BCUT2D eigenvalue weighted by atomic mass is 10.0. The highest BCUT2D eigenvalue weighted by Gasteiger charge is 2.16. The summed E-state index contributed by atoms with van der Waals surface area (Å²) in [7, 11) is 3.16. The molecule has 1 amide bonds. The summed E-state index contributed by atoms with van der Waals surface area (Å²) in [5.74, 6) is 1.13. The minimum atomic E-state index is -0.0708. The van der Waals surface area contributed by atoms with Crippen LogP contribution in [-0.4, -0.2) is 51.3 Å². The highest BCUT2D eigenvalue weighted by atomic mass is 16.5. The fraction of sp³-hybridized carbons (Fsp3) is 0.250. The van der Waals surface area contributed by atoms with Crippen LogP contribution in [0.1, 0.15) is 16.7 Å². The second-order valence-electron chi connectivity index (χ2n) is 6.68. The zero-order valence-electron chi connectivity index (χ0n) is 17.1. The van der Waals surface area contributed by atoms with Gasteiger partial charge >= 0.3 is 0 Å². The Hall–Kier alpha value is -3.56. The van der Waals surface area contributed by atoms with Gasteiger partial charge in [-0.25, -0.2) is 0 Å². The monoisotopic (exact) mass is 404 g/mol. The highest BCUT2D eigenvalue weighted by Crippen LogP contribution is 2.31. The summed E-state index contributed by atoms with van der Waals surface area (Å²) in [5.41, 5.74) is 3.01. The van der Waals surface area contributed by atoms with Gasteiger partial charge < -0.3 is 19.1 Å². The van der Waals surface area contributed by atoms with E-state index in [2.05, 4.69) is 6.07 Å². The molecule has 2 aromatic rings. The number of carbonyl (C=O) groups is 1. The highest BCUT2D eigenvalue weighted by molar-refractivity contribution is 5.98. The lowest BCUT2D eigenvalue weighted by molar-refractivity contribution is -0.129. The number of nitrogens with zero attached hydrogens (tertiary/aromatic N) is 2. The van der Waals surface area contributed by atoms with E-state index in [0.717, 1.165) is 16.7 Å². The van der Waals surface area contributed by atoms with Crippen molar-refractivity contribution in [3.8, 4) is 17.6 Å². The Balaban J connectivity index is 1.97. The molecule has 3 rings (SSSR count). The summed E-state index contributed by atoms with van der Waals surface area (Å²) in [4.78, 5) is 14.6. The van der Waals surface area contributed by atoms with Crippen molar-refractivity contribution in [2.45, 2.75) is 0 Å². The van der Waals surface area contributed by atoms with Crippen LogP contribution in [0.15, 0.2) is 54.6 Å². The molecule has 0 N–H and O–H groups in total. The summed E-state index contributed by atoms with van der Waals surface area (Å²) < 4.78 is 16.1. The molecule has 0 radical (unpaired) electrons. The Morgan fingerprint density at radius 2 is 1.87 bits per heavy atom. The Morgan fingerprint density at radius 3 is 2.57 bits per heavy atom. The summed E-state index contributed by atoms with van der Waals surface area (Å²) >= 11 is 0. The van der Waals surface area contributed by atoms with Gasteiger partial charge in [0, 0.05) is 19.2 Å². The van der Waals surface area contributed by atoms with Crippen LogP contribution < -0.4 is 9.47 Å². The molecule has 1 heterocycles. The molecule has 0 aliphatic carbocycles. The van der Waals surface area contributed by atoms with Gasteiger partial charge in [0.05, 0.1) is 39.1 Å². The van der Waals surface area contributed by atoms with Crippen LogP contribution in [0.4, 0.5) is 0 Å². The fourth-order valence-corrected chi connectivity index (χ4v) is 3.15. The third kappa shape index (κ3) is 5.28. The SMILES string of the molecule is COc1ccc(C(C=Cc2cccc(C#N)c2)=CC(=O)N2CCOCC2)cc1OC. The molecule has 1 saturated heterocycles. The van der Waals surface area contributed by atoms with Crippen molar-refractivity contribution in [1.82, 2.24) is 4.90 Å². The molecule has 6 nitrogen and oxygen atoms in total. The van der Waals surface area contributed by atoms with Gasteiger partial charge in [-0.05, 0) is 41.0 Å². The van der Waals surface area contributed by atoms with Gasteiger partial charge in [0.15, 0.2) is 11.5 Å². The summed E-state index contributed by atoms with van der Waals surface area (Å²) in [6.45, 7) is 2.23. The first kappa shape index (κ1) is 21.2. The maximum atomic E-state index is 12.8. The van der Waals surface area contributed by atoms with E-state index in [0.29, 0.717) is 43.4 Å². The molecule has 0 aromatic heterocycles. The van der Waals surface area contributed by atoms with Gasteiger partial charge in [0.25, 0.3) is 0 Å². The molecule has 0 spiro atoms. The van der Waals surface area contributed by atoms with Crippen LogP contribution in [0.3, 0.4) is 0 Å². The molecule has 1 aliphatic rings. The average Bonchev–Trinajstić information content (AvgIpc) is 2.81. The molecular formula is C24H24N2O4. The normalized spacial score (nSPS) is 14.4. The number of amides is 1. The molecule has 0 atom stereocenters. The van der Waals surface area contributed by atoms with Gasteiger partial charge in [-0.3, -0.25) is 4.79 Å². The van der Waals surface area contributed by atoms with Crippen molar-refractivity contribution in [2.24, 2.45) is 0 Å². The smallest absolute Gasteiger partial charge is 0.247 e. The predicted molar refractivity (Wildman–Crippen MR) is 115 cm³/mol. The van der Waals surface area contributed by atoms with Crippen LogP contribution in [0.5, 0.6) is 11.5 Å². The van der Waals surface area contributed by atoms with Crippen molar-refractivity contribution in [3.05, 3.63) is 71.3 Å². The third-order valence-corrected chi connectivity index (χ3v) is 4.79. The molecule has 0 unspecified atom stereocenters. The van der Waals surface area contributed by atoms with E-state index in [-0.39, 0.29) is 5.91 Å². The summed E-state index contributed by atoms with van der Waals surface area (Å²) in [6, 6.07) is 15.0. The molecule has 0 saturated carbocycles. The number of hydrogen-bond acceptors (Lipinski definition) is 5. The molecule has 1 fully saturated rings. The van der Waals surface area contributed by atoms with Crippen LogP contribution in [0, 0.1) is 11.3 Å². The van der Waals surface area contributed by atoms with Crippen molar-refractivity contribution in [1.29, 1.82) is 5.26 Å². The van der Waals surface area contributed by atoms with Crippen LogP contribution in [-0.2, 0) is 9.53 Å². The van der Waals surface area contributed by atoms with E-state index in [1.807, 2.05) is 42.5 Å². The molecule has 1 aliphatic heterocycles. The zero-order chi connectivity index (χ0) is 21.3. The second kappa shape index (κ2) is 10.3. The maximum Gasteiger partial charge on any atom is 0.247 e. The number of ether oxygens (including phenoxy) is 3. The Kier molecular flexibility index (Phi) is 7.25. The third-order valence-electron chi connectivity index (χ3n) is 4.79. The van der Waals surface area contributed by atoms with Crippen LogP contribution in [0.2, 0.25) is 0 Å². The van der Waals surface area contributed by atoms with E-state index in [1.165, 1.54) is 0 Å². The van der Waals surface area contributed by atoms with E-state index < -0.39 is 0 Å². The molecule has 2 aromatic carbocycles. The van der Waals surface area contributed by atoms with Gasteiger partial charge in [0.1, 0.15) is 0 Å². The van der Waals surface area contributed by atoms with Crippen LogP contribution >= 0.6 is 0 Å². The Morgan fingerprint density at radius 1 is 1.10 bits per heavy atom. The first-order chi connectivity index (χ1) is 14.6. The molecular weight excluding hydrogens is 380 g/mol. The van der Waals surface area contributed by atoms with Crippen molar-refractivity contribution in [3.63, 3.8) is 0 Å². The van der Waals surface area contributed by atoms with Crippen molar-refractivity contribution < 1.29 is 19.0 Å². The topological polar surface area (TPSA) is 71.8 Å². The number of allylic oxidation sites excluding steroid dienone is 2. The fourth-order valence-electron chi connectivity index (χ4n) is 3.15. The lowest BCUT2D eigenvalue weighted by Crippen LogP contribution is -2.39. The number of benzene rings is 2. The number of rotatable bonds is 6. The number of nitriles is 1. The van der Waals surface area contributed by atoms with Gasteiger partial charge in [0.2, 0.25) is 5.91 Å². The summed E-state index contributed by atoms with van der Waals surface area (Å²) in [6.07, 6.45) is 5.38. The molecule has 154 valence electrons. The number of carbonyl (C=O) groups excluding carboxylic acids is 1. The Labute approximate surface area is 176 Å². The summed E-state index contributed by atoms with van der Waals surface area (Å²) in [5, 5.41) is 9.12. The standard InChI is InChI=1S/C24H24N2O4/c1-28-22-9-8-20(15-23(22)29-2)21(16-24(27)26-10-12-30-13-11-26)7-6-18-4-3-5-19(14-18)17-25/h3-9,14-16H,10-13H2,1-2H3. The van der Waals surface area contributed by atoms with Crippen molar-refractivity contribution in [2.75, 3.05) is 40.5 Å². The first-order valence-corrected chi connectivity index (χ1v) is 9.63. The molecule has 30 heavy (non-hydrogen) atoms. The van der Waals surface area contributed by atoms with Crippen molar-refractivity contribution >= 4 is 17.6 Å². The first-order valence-electron chi connectivity index (χ1n) is 9.63. The largest absolute Gasteiger partial charge is 0.493 e. The predicted octanol–water partition coefficient (Wildman–Crippen LogP) is 3.53. The number of methoxy groups -OCH3 is 2.